The molecule has 20 heavy (non-hydrogen) atoms. The van der Waals surface area contributed by atoms with Crippen LogP contribution in [0.25, 0.3) is 0 Å². The molecule has 0 aliphatic carbocycles. The van der Waals surface area contributed by atoms with E-state index < -0.39 is 10.0 Å². The number of nitrogens with one attached hydrogen (secondary N) is 1. The van der Waals surface area contributed by atoms with E-state index in [1.807, 2.05) is 44.2 Å². The van der Waals surface area contributed by atoms with Crippen molar-refractivity contribution in [3.8, 4) is 0 Å². The van der Waals surface area contributed by atoms with E-state index in [2.05, 4.69) is 9.71 Å². The topological polar surface area (TPSA) is 59.1 Å². The Balaban J connectivity index is 2.06. The highest BCUT2D eigenvalue weighted by Crippen LogP contribution is 2.14. The lowest BCUT2D eigenvalue weighted by atomic mass is 10.2. The molecular weight excluding hydrogens is 272 g/mol. The first kappa shape index (κ1) is 14.7. The predicted octanol–water partition coefficient (Wildman–Crippen LogP) is 2.57. The van der Waals surface area contributed by atoms with Gasteiger partial charge in [-0.1, -0.05) is 35.9 Å². The number of nitrogens with zero attached hydrogens (tertiary/aromatic N) is 1. The highest BCUT2D eigenvalue weighted by Gasteiger charge is 2.16. The molecule has 0 radical (unpaired) electrons. The first-order chi connectivity index (χ1) is 9.46. The zero-order valence-corrected chi connectivity index (χ0v) is 12.4. The van der Waals surface area contributed by atoms with E-state index in [-0.39, 0.29) is 11.8 Å². The quantitative estimate of drug-likeness (QED) is 0.920. The van der Waals surface area contributed by atoms with E-state index in [4.69, 9.17) is 0 Å². The summed E-state index contributed by atoms with van der Waals surface area (Å²) in [7, 11) is -3.37. The molecule has 0 saturated heterocycles. The van der Waals surface area contributed by atoms with Crippen LogP contribution in [0.15, 0.2) is 48.8 Å². The Morgan fingerprint density at radius 3 is 2.50 bits per heavy atom. The Morgan fingerprint density at radius 2 is 1.90 bits per heavy atom. The fourth-order valence-corrected chi connectivity index (χ4v) is 3.30. The van der Waals surface area contributed by atoms with Gasteiger partial charge in [0.25, 0.3) is 0 Å². The van der Waals surface area contributed by atoms with Crippen LogP contribution in [0.5, 0.6) is 0 Å². The Bertz CT molecular complexity index is 652. The van der Waals surface area contributed by atoms with E-state index in [1.54, 1.807) is 18.5 Å². The molecule has 2 aromatic rings. The Hall–Kier alpha value is -1.72. The van der Waals surface area contributed by atoms with Crippen molar-refractivity contribution >= 4 is 10.0 Å². The van der Waals surface area contributed by atoms with Crippen molar-refractivity contribution < 1.29 is 8.42 Å². The van der Waals surface area contributed by atoms with E-state index in [1.165, 1.54) is 0 Å². The summed E-state index contributed by atoms with van der Waals surface area (Å²) in [5.74, 6) is -0.0160. The maximum absolute atomic E-state index is 12.1. The average molecular weight is 290 g/mol. The first-order valence-electron chi connectivity index (χ1n) is 6.42. The van der Waals surface area contributed by atoms with E-state index >= 15 is 0 Å². The van der Waals surface area contributed by atoms with Crippen LogP contribution >= 0.6 is 0 Å². The van der Waals surface area contributed by atoms with Gasteiger partial charge in [0.1, 0.15) is 0 Å². The van der Waals surface area contributed by atoms with Crippen LogP contribution in [-0.2, 0) is 15.8 Å². The van der Waals surface area contributed by atoms with Gasteiger partial charge in [0.15, 0.2) is 0 Å². The third-order valence-corrected chi connectivity index (χ3v) is 4.44. The number of rotatable bonds is 5. The van der Waals surface area contributed by atoms with Crippen LogP contribution in [0.1, 0.15) is 29.7 Å². The second-order valence-corrected chi connectivity index (χ2v) is 6.62. The zero-order valence-electron chi connectivity index (χ0n) is 11.6. The largest absolute Gasteiger partial charge is 0.264 e. The van der Waals surface area contributed by atoms with Crippen molar-refractivity contribution in [3.05, 3.63) is 65.5 Å². The summed E-state index contributed by atoms with van der Waals surface area (Å²) in [6.45, 7) is 3.78. The predicted molar refractivity (Wildman–Crippen MR) is 79.6 cm³/mol. The lowest BCUT2D eigenvalue weighted by Gasteiger charge is -2.14. The molecule has 0 saturated carbocycles. The molecule has 4 nitrogen and oxygen atoms in total. The molecule has 0 spiro atoms. The van der Waals surface area contributed by atoms with Crippen LogP contribution in [-0.4, -0.2) is 13.4 Å². The van der Waals surface area contributed by atoms with Crippen LogP contribution in [0.4, 0.5) is 0 Å². The molecule has 0 aliphatic heterocycles. The number of aromatic nitrogens is 1. The molecule has 1 aromatic heterocycles. The van der Waals surface area contributed by atoms with Crippen molar-refractivity contribution in [1.29, 1.82) is 0 Å². The van der Waals surface area contributed by atoms with Gasteiger partial charge in [-0.2, -0.15) is 0 Å². The molecule has 0 amide bonds. The van der Waals surface area contributed by atoms with Crippen molar-refractivity contribution in [2.45, 2.75) is 25.6 Å². The monoisotopic (exact) mass is 290 g/mol. The number of benzene rings is 1. The van der Waals surface area contributed by atoms with Gasteiger partial charge < -0.3 is 0 Å². The molecule has 1 aromatic carbocycles. The molecule has 1 N–H and O–H groups in total. The molecular formula is C15H18N2O2S. The van der Waals surface area contributed by atoms with Crippen molar-refractivity contribution in [3.63, 3.8) is 0 Å². The number of hydrogen-bond acceptors (Lipinski definition) is 3. The lowest BCUT2D eigenvalue weighted by molar-refractivity contribution is 0.565. The number of aryl methyl sites for hydroxylation is 1. The van der Waals surface area contributed by atoms with Gasteiger partial charge in [0.05, 0.1) is 5.75 Å². The summed E-state index contributed by atoms with van der Waals surface area (Å²) in [5.41, 5.74) is 2.74. The van der Waals surface area contributed by atoms with Gasteiger partial charge in [-0.15, -0.1) is 0 Å². The molecule has 1 heterocycles. The fourth-order valence-electron chi connectivity index (χ4n) is 1.91. The minimum Gasteiger partial charge on any atom is -0.264 e. The standard InChI is InChI=1S/C15H18N2O2S/c1-12-5-7-14(8-6-12)11-20(18,19)17-13(2)15-4-3-9-16-10-15/h3-10,13,17H,11H2,1-2H3. The summed E-state index contributed by atoms with van der Waals surface area (Å²) in [6.07, 6.45) is 3.33. The summed E-state index contributed by atoms with van der Waals surface area (Å²) in [5, 5.41) is 0. The van der Waals surface area contributed by atoms with Crippen molar-refractivity contribution in [2.24, 2.45) is 0 Å². The third kappa shape index (κ3) is 4.15. The zero-order chi connectivity index (χ0) is 14.6. The number of pyridine rings is 1. The molecule has 5 heteroatoms. The summed E-state index contributed by atoms with van der Waals surface area (Å²) >= 11 is 0. The van der Waals surface area contributed by atoms with Crippen LogP contribution < -0.4 is 4.72 Å². The molecule has 2 rings (SSSR count). The molecule has 1 atom stereocenters. The average Bonchev–Trinajstić information content (AvgIpc) is 2.41. The van der Waals surface area contributed by atoms with Crippen molar-refractivity contribution in [2.75, 3.05) is 0 Å². The Labute approximate surface area is 119 Å². The maximum atomic E-state index is 12.1. The molecule has 0 fully saturated rings. The highest BCUT2D eigenvalue weighted by molar-refractivity contribution is 7.88. The first-order valence-corrected chi connectivity index (χ1v) is 8.07. The van der Waals surface area contributed by atoms with Gasteiger partial charge in [-0.3, -0.25) is 4.98 Å². The van der Waals surface area contributed by atoms with Gasteiger partial charge >= 0.3 is 0 Å². The summed E-state index contributed by atoms with van der Waals surface area (Å²) in [6, 6.07) is 10.8. The molecule has 106 valence electrons. The van der Waals surface area contributed by atoms with Crippen LogP contribution in [0, 0.1) is 6.92 Å². The lowest BCUT2D eigenvalue weighted by Crippen LogP contribution is -2.28. The number of sulfonamides is 1. The van der Waals surface area contributed by atoms with Gasteiger partial charge in [0.2, 0.25) is 10.0 Å². The minimum atomic E-state index is -3.37. The summed E-state index contributed by atoms with van der Waals surface area (Å²) < 4.78 is 26.9. The van der Waals surface area contributed by atoms with Crippen molar-refractivity contribution in [1.82, 2.24) is 9.71 Å². The van der Waals surface area contributed by atoms with Crippen LogP contribution in [0.3, 0.4) is 0 Å². The highest BCUT2D eigenvalue weighted by atomic mass is 32.2. The normalized spacial score (nSPS) is 13.1. The van der Waals surface area contributed by atoms with E-state index in [0.29, 0.717) is 0 Å². The van der Waals surface area contributed by atoms with Gasteiger partial charge in [0, 0.05) is 18.4 Å². The Morgan fingerprint density at radius 1 is 1.20 bits per heavy atom. The number of hydrogen-bond donors (Lipinski definition) is 1. The van der Waals surface area contributed by atoms with Gasteiger partial charge in [-0.25, -0.2) is 13.1 Å². The van der Waals surface area contributed by atoms with E-state index in [9.17, 15) is 8.42 Å². The maximum Gasteiger partial charge on any atom is 0.216 e. The molecule has 1 unspecified atom stereocenters. The third-order valence-electron chi connectivity index (χ3n) is 3.02. The molecule has 0 aliphatic rings. The fraction of sp³-hybridized carbons (Fsp3) is 0.267. The minimum absolute atomic E-state index is 0.0160. The van der Waals surface area contributed by atoms with Gasteiger partial charge in [-0.05, 0) is 31.0 Å². The second kappa shape index (κ2) is 6.15. The second-order valence-electron chi connectivity index (χ2n) is 4.87. The molecule has 0 bridgehead atoms. The van der Waals surface area contributed by atoms with E-state index in [0.717, 1.165) is 16.7 Å². The van der Waals surface area contributed by atoms with Crippen LogP contribution in [0.2, 0.25) is 0 Å². The smallest absolute Gasteiger partial charge is 0.216 e. The SMILES string of the molecule is Cc1ccc(CS(=O)(=O)NC(C)c2cccnc2)cc1. The Kier molecular flexibility index (Phi) is 4.52. The summed E-state index contributed by atoms with van der Waals surface area (Å²) in [4.78, 5) is 3.99.